The molecule has 5 heteroatoms. The predicted octanol–water partition coefficient (Wildman–Crippen LogP) is 4.45. The molecule has 3 aromatic heterocycles. The highest BCUT2D eigenvalue weighted by Crippen LogP contribution is 2.43. The van der Waals surface area contributed by atoms with Crippen LogP contribution in [0.25, 0.3) is 0 Å². The molecule has 0 radical (unpaired) electrons. The number of hydrogen-bond donors (Lipinski definition) is 1. The second kappa shape index (κ2) is 8.80. The summed E-state index contributed by atoms with van der Waals surface area (Å²) in [7, 11) is 0. The zero-order chi connectivity index (χ0) is 20.2. The van der Waals surface area contributed by atoms with Crippen LogP contribution in [0.2, 0.25) is 0 Å². The van der Waals surface area contributed by atoms with Gasteiger partial charge in [0.1, 0.15) is 0 Å². The highest BCUT2D eigenvalue weighted by Gasteiger charge is 2.35. The molecule has 0 spiro atoms. The molecule has 0 unspecified atom stereocenters. The Hall–Kier alpha value is -2.63. The number of nitrogens with zero attached hydrogens (tertiary/aromatic N) is 4. The van der Waals surface area contributed by atoms with Crippen molar-refractivity contribution in [1.82, 2.24) is 19.9 Å². The summed E-state index contributed by atoms with van der Waals surface area (Å²) >= 11 is 0. The molecule has 4 heterocycles. The number of piperidine rings is 1. The molecule has 5 nitrogen and oxygen atoms in total. The van der Waals surface area contributed by atoms with Crippen LogP contribution in [0, 0.1) is 13.8 Å². The van der Waals surface area contributed by atoms with Crippen molar-refractivity contribution in [3.8, 4) is 0 Å². The summed E-state index contributed by atoms with van der Waals surface area (Å²) in [6.45, 7) is 4.94. The van der Waals surface area contributed by atoms with Crippen LogP contribution < -0.4 is 0 Å². The molecular weight excluding hydrogens is 360 g/mol. The average molecular weight is 389 g/mol. The van der Waals surface area contributed by atoms with E-state index in [0.717, 1.165) is 41.9 Å². The van der Waals surface area contributed by atoms with Gasteiger partial charge in [-0.1, -0.05) is 18.2 Å². The van der Waals surface area contributed by atoms with E-state index in [1.165, 1.54) is 11.1 Å². The van der Waals surface area contributed by atoms with Gasteiger partial charge in [0, 0.05) is 25.1 Å². The van der Waals surface area contributed by atoms with E-state index in [-0.39, 0.29) is 18.7 Å². The van der Waals surface area contributed by atoms with Crippen LogP contribution in [0.3, 0.4) is 0 Å². The third kappa shape index (κ3) is 4.07. The maximum absolute atomic E-state index is 9.80. The third-order valence-electron chi connectivity index (χ3n) is 5.97. The molecule has 0 bridgehead atoms. The first-order chi connectivity index (χ1) is 14.2. The minimum Gasteiger partial charge on any atom is -0.390 e. The van der Waals surface area contributed by atoms with Gasteiger partial charge in [-0.05, 0) is 68.0 Å². The fourth-order valence-corrected chi connectivity index (χ4v) is 4.51. The lowest BCUT2D eigenvalue weighted by atomic mass is 9.88. The third-order valence-corrected chi connectivity index (χ3v) is 5.97. The Balaban J connectivity index is 1.78. The van der Waals surface area contributed by atoms with Crippen LogP contribution in [-0.2, 0) is 13.2 Å². The molecule has 4 rings (SSSR count). The van der Waals surface area contributed by atoms with Gasteiger partial charge in [-0.25, -0.2) is 0 Å². The molecule has 2 atom stereocenters. The summed E-state index contributed by atoms with van der Waals surface area (Å²) in [4.78, 5) is 16.4. The van der Waals surface area contributed by atoms with Crippen molar-refractivity contribution in [2.75, 3.05) is 0 Å². The first-order valence-electron chi connectivity index (χ1n) is 10.3. The van der Waals surface area contributed by atoms with E-state index in [2.05, 4.69) is 41.9 Å². The van der Waals surface area contributed by atoms with E-state index < -0.39 is 0 Å². The van der Waals surface area contributed by atoms with Gasteiger partial charge in [0.05, 0.1) is 35.8 Å². The van der Waals surface area contributed by atoms with E-state index in [9.17, 15) is 5.11 Å². The molecular formula is C24H28N4O. The van der Waals surface area contributed by atoms with Gasteiger partial charge in [0.2, 0.25) is 0 Å². The van der Waals surface area contributed by atoms with Crippen LogP contribution in [0.1, 0.15) is 65.1 Å². The standard InChI is InChI=1S/C24H28N4O/c1-17-7-4-13-26-23(17)21-10-3-11-22(24-18(2)8-5-14-27-24)28(21)15-19-9-6-12-25-20(19)16-29/h4-9,12-14,21-22,29H,3,10-11,15-16H2,1-2H3/t21-,22+. The zero-order valence-electron chi connectivity index (χ0n) is 17.1. The van der Waals surface area contributed by atoms with Gasteiger partial charge in [0.25, 0.3) is 0 Å². The van der Waals surface area contributed by atoms with Gasteiger partial charge in [0.15, 0.2) is 0 Å². The highest BCUT2D eigenvalue weighted by molar-refractivity contribution is 5.27. The molecule has 0 aromatic carbocycles. The fraction of sp³-hybridized carbons (Fsp3) is 0.375. The Bertz CT molecular complexity index is 921. The topological polar surface area (TPSA) is 62.1 Å². The van der Waals surface area contributed by atoms with Crippen molar-refractivity contribution in [2.45, 2.75) is 58.3 Å². The molecule has 1 N–H and O–H groups in total. The molecule has 0 amide bonds. The van der Waals surface area contributed by atoms with Crippen molar-refractivity contribution in [2.24, 2.45) is 0 Å². The number of aromatic nitrogens is 3. The number of hydrogen-bond acceptors (Lipinski definition) is 5. The number of aliphatic hydroxyl groups is 1. The Morgan fingerprint density at radius 3 is 1.97 bits per heavy atom. The van der Waals surface area contributed by atoms with Crippen molar-refractivity contribution < 1.29 is 5.11 Å². The molecule has 150 valence electrons. The molecule has 3 aromatic rings. The van der Waals surface area contributed by atoms with Crippen LogP contribution in [0.4, 0.5) is 0 Å². The van der Waals surface area contributed by atoms with Crippen molar-refractivity contribution in [3.63, 3.8) is 0 Å². The van der Waals surface area contributed by atoms with E-state index in [0.29, 0.717) is 6.54 Å². The maximum Gasteiger partial charge on any atom is 0.0856 e. The zero-order valence-corrected chi connectivity index (χ0v) is 17.1. The van der Waals surface area contributed by atoms with Crippen molar-refractivity contribution >= 4 is 0 Å². The van der Waals surface area contributed by atoms with Gasteiger partial charge in [-0.2, -0.15) is 0 Å². The lowest BCUT2D eigenvalue weighted by Crippen LogP contribution is -2.37. The van der Waals surface area contributed by atoms with Crippen LogP contribution >= 0.6 is 0 Å². The average Bonchev–Trinajstić information content (AvgIpc) is 2.75. The van der Waals surface area contributed by atoms with Crippen molar-refractivity contribution in [3.05, 3.63) is 88.8 Å². The lowest BCUT2D eigenvalue weighted by molar-refractivity contribution is 0.0670. The van der Waals surface area contributed by atoms with Crippen LogP contribution in [-0.4, -0.2) is 25.0 Å². The summed E-state index contributed by atoms with van der Waals surface area (Å²) in [6.07, 6.45) is 8.78. The second-order valence-corrected chi connectivity index (χ2v) is 7.81. The lowest BCUT2D eigenvalue weighted by Gasteiger charge is -2.42. The van der Waals surface area contributed by atoms with Crippen LogP contribution in [0.5, 0.6) is 0 Å². The Morgan fingerprint density at radius 1 is 0.862 bits per heavy atom. The second-order valence-electron chi connectivity index (χ2n) is 7.81. The molecule has 0 aliphatic carbocycles. The molecule has 0 saturated carbocycles. The number of pyridine rings is 3. The molecule has 29 heavy (non-hydrogen) atoms. The van der Waals surface area contributed by atoms with Gasteiger partial charge in [-0.15, -0.1) is 0 Å². The smallest absolute Gasteiger partial charge is 0.0856 e. The van der Waals surface area contributed by atoms with Crippen LogP contribution in [0.15, 0.2) is 55.0 Å². The van der Waals surface area contributed by atoms with E-state index in [4.69, 9.17) is 9.97 Å². The Labute approximate surface area is 172 Å². The summed E-state index contributed by atoms with van der Waals surface area (Å²) in [5.74, 6) is 0. The normalized spacial score (nSPS) is 20.0. The minimum atomic E-state index is -0.0510. The maximum atomic E-state index is 9.80. The molecule has 1 fully saturated rings. The number of rotatable bonds is 5. The summed E-state index contributed by atoms with van der Waals surface area (Å²) in [6, 6.07) is 12.7. The van der Waals surface area contributed by atoms with E-state index in [1.54, 1.807) is 6.20 Å². The predicted molar refractivity (Wildman–Crippen MR) is 113 cm³/mol. The van der Waals surface area contributed by atoms with Crippen molar-refractivity contribution in [1.29, 1.82) is 0 Å². The van der Waals surface area contributed by atoms with E-state index in [1.807, 2.05) is 30.6 Å². The summed E-state index contributed by atoms with van der Waals surface area (Å²) in [5, 5.41) is 9.80. The van der Waals surface area contributed by atoms with Gasteiger partial charge in [-0.3, -0.25) is 19.9 Å². The number of likely N-dealkylation sites (tertiary alicyclic amines) is 1. The molecule has 1 aliphatic heterocycles. The van der Waals surface area contributed by atoms with E-state index >= 15 is 0 Å². The number of aryl methyl sites for hydroxylation is 2. The molecule has 1 saturated heterocycles. The van der Waals surface area contributed by atoms with Gasteiger partial charge >= 0.3 is 0 Å². The minimum absolute atomic E-state index is 0.0510. The fourth-order valence-electron chi connectivity index (χ4n) is 4.51. The Morgan fingerprint density at radius 2 is 1.41 bits per heavy atom. The Kier molecular flexibility index (Phi) is 5.97. The SMILES string of the molecule is Cc1cccnc1[C@H]1CCC[C@@H](c2ncccc2C)N1Cc1cccnc1CO. The molecule has 1 aliphatic rings. The quantitative estimate of drug-likeness (QED) is 0.700. The first-order valence-corrected chi connectivity index (χ1v) is 10.3. The summed E-state index contributed by atoms with van der Waals surface area (Å²) < 4.78 is 0. The first kappa shape index (κ1) is 19.7. The van der Waals surface area contributed by atoms with Gasteiger partial charge < -0.3 is 5.11 Å². The highest BCUT2D eigenvalue weighted by atomic mass is 16.3. The summed E-state index contributed by atoms with van der Waals surface area (Å²) in [5.41, 5.74) is 6.52. The largest absolute Gasteiger partial charge is 0.390 e. The number of aliphatic hydroxyl groups excluding tert-OH is 1. The monoisotopic (exact) mass is 388 g/mol.